The van der Waals surface area contributed by atoms with Crippen LogP contribution in [0, 0.1) is 0 Å². The number of aliphatic hydroxyl groups is 1. The van der Waals surface area contributed by atoms with E-state index in [0.717, 1.165) is 29.8 Å². The third-order valence-electron chi connectivity index (χ3n) is 1.86. The number of hydrogen-bond acceptors (Lipinski definition) is 6. The highest BCUT2D eigenvalue weighted by molar-refractivity contribution is 7.98. The number of rotatable bonds is 7. The maximum atomic E-state index is 8.74. The van der Waals surface area contributed by atoms with Gasteiger partial charge in [-0.15, -0.1) is 0 Å². The summed E-state index contributed by atoms with van der Waals surface area (Å²) >= 11 is 1.50. The van der Waals surface area contributed by atoms with Crippen LogP contribution in [0.4, 0.5) is 11.6 Å². The summed E-state index contributed by atoms with van der Waals surface area (Å²) in [6.07, 6.45) is 2.99. The molecule has 6 heteroatoms. The molecule has 1 heterocycles. The standard InChI is InChI=1S/C10H18N4OS/c1-3-4-11-8-7-9(12-5-6-15)14-10(13-8)16-2/h7,15H,3-6H2,1-2H3,(H2,11,12,13,14). The minimum absolute atomic E-state index is 0.0936. The molecule has 0 saturated heterocycles. The maximum Gasteiger partial charge on any atom is 0.191 e. The van der Waals surface area contributed by atoms with E-state index in [9.17, 15) is 0 Å². The minimum atomic E-state index is 0.0936. The SMILES string of the molecule is CCCNc1cc(NCCO)nc(SC)n1. The molecule has 90 valence electrons. The predicted molar refractivity (Wildman–Crippen MR) is 68.2 cm³/mol. The Bertz CT molecular complexity index is 295. The summed E-state index contributed by atoms with van der Waals surface area (Å²) in [6.45, 7) is 3.59. The van der Waals surface area contributed by atoms with Crippen LogP contribution in [0.5, 0.6) is 0 Å². The maximum absolute atomic E-state index is 8.74. The summed E-state index contributed by atoms with van der Waals surface area (Å²) in [5, 5.41) is 15.7. The molecule has 0 aromatic carbocycles. The first-order valence-electron chi connectivity index (χ1n) is 5.31. The molecule has 0 amide bonds. The second-order valence-corrected chi connectivity index (χ2v) is 3.98. The van der Waals surface area contributed by atoms with Crippen molar-refractivity contribution in [3.05, 3.63) is 6.07 Å². The zero-order valence-corrected chi connectivity index (χ0v) is 10.5. The van der Waals surface area contributed by atoms with Crippen molar-refractivity contribution in [3.8, 4) is 0 Å². The molecule has 16 heavy (non-hydrogen) atoms. The average Bonchev–Trinajstić information content (AvgIpc) is 2.33. The highest BCUT2D eigenvalue weighted by Gasteiger charge is 2.02. The van der Waals surface area contributed by atoms with Crippen molar-refractivity contribution in [1.82, 2.24) is 9.97 Å². The molecular formula is C10H18N4OS. The number of aromatic nitrogens is 2. The van der Waals surface area contributed by atoms with Crippen molar-refractivity contribution < 1.29 is 5.11 Å². The molecule has 1 rings (SSSR count). The van der Waals surface area contributed by atoms with E-state index in [0.29, 0.717) is 6.54 Å². The van der Waals surface area contributed by atoms with Gasteiger partial charge in [-0.1, -0.05) is 18.7 Å². The molecule has 0 spiro atoms. The number of nitrogens with one attached hydrogen (secondary N) is 2. The Balaban J connectivity index is 2.74. The molecule has 0 radical (unpaired) electrons. The molecule has 3 N–H and O–H groups in total. The largest absolute Gasteiger partial charge is 0.395 e. The zero-order valence-electron chi connectivity index (χ0n) is 9.66. The van der Waals surface area contributed by atoms with Crippen molar-refractivity contribution in [2.24, 2.45) is 0 Å². The third-order valence-corrected chi connectivity index (χ3v) is 2.41. The molecule has 0 saturated carbocycles. The summed E-state index contributed by atoms with van der Waals surface area (Å²) < 4.78 is 0. The van der Waals surface area contributed by atoms with E-state index in [1.807, 2.05) is 12.3 Å². The van der Waals surface area contributed by atoms with Crippen LogP contribution in [0.25, 0.3) is 0 Å². The van der Waals surface area contributed by atoms with E-state index < -0.39 is 0 Å². The van der Waals surface area contributed by atoms with Gasteiger partial charge in [-0.05, 0) is 12.7 Å². The van der Waals surface area contributed by atoms with Gasteiger partial charge >= 0.3 is 0 Å². The van der Waals surface area contributed by atoms with Gasteiger partial charge in [0.25, 0.3) is 0 Å². The summed E-state index contributed by atoms with van der Waals surface area (Å²) in [7, 11) is 0. The fraction of sp³-hybridized carbons (Fsp3) is 0.600. The molecule has 0 aliphatic heterocycles. The second-order valence-electron chi connectivity index (χ2n) is 3.20. The fourth-order valence-electron chi connectivity index (χ4n) is 1.13. The van der Waals surface area contributed by atoms with Crippen molar-refractivity contribution in [2.75, 3.05) is 36.6 Å². The smallest absolute Gasteiger partial charge is 0.191 e. The Hall–Kier alpha value is -1.01. The van der Waals surface area contributed by atoms with E-state index in [2.05, 4.69) is 27.5 Å². The van der Waals surface area contributed by atoms with Gasteiger partial charge in [0, 0.05) is 19.2 Å². The second kappa shape index (κ2) is 7.29. The first-order valence-corrected chi connectivity index (χ1v) is 6.54. The molecule has 0 unspecified atom stereocenters. The summed E-state index contributed by atoms with van der Waals surface area (Å²) in [6, 6.07) is 1.85. The van der Waals surface area contributed by atoms with Gasteiger partial charge in [0.05, 0.1) is 6.61 Å². The summed E-state index contributed by atoms with van der Waals surface area (Å²) in [5.41, 5.74) is 0. The lowest BCUT2D eigenvalue weighted by Crippen LogP contribution is -2.09. The number of nitrogens with zero attached hydrogens (tertiary/aromatic N) is 2. The number of aliphatic hydroxyl groups excluding tert-OH is 1. The quantitative estimate of drug-likeness (QED) is 0.496. The van der Waals surface area contributed by atoms with Crippen LogP contribution >= 0.6 is 11.8 Å². The monoisotopic (exact) mass is 242 g/mol. The Morgan fingerprint density at radius 2 is 1.88 bits per heavy atom. The van der Waals surface area contributed by atoms with Crippen LogP contribution in [-0.2, 0) is 0 Å². The predicted octanol–water partition coefficient (Wildman–Crippen LogP) is 1.42. The van der Waals surface area contributed by atoms with Crippen molar-refractivity contribution in [3.63, 3.8) is 0 Å². The molecule has 0 aliphatic rings. The molecule has 1 aromatic heterocycles. The molecule has 0 aliphatic carbocycles. The van der Waals surface area contributed by atoms with Crippen molar-refractivity contribution >= 4 is 23.4 Å². The summed E-state index contributed by atoms with van der Waals surface area (Å²) in [4.78, 5) is 8.62. The van der Waals surface area contributed by atoms with Crippen LogP contribution in [-0.4, -0.2) is 41.0 Å². The first kappa shape index (κ1) is 13.1. The zero-order chi connectivity index (χ0) is 11.8. The average molecular weight is 242 g/mol. The molecule has 5 nitrogen and oxygen atoms in total. The first-order chi connectivity index (χ1) is 7.80. The van der Waals surface area contributed by atoms with E-state index in [-0.39, 0.29) is 6.61 Å². The molecule has 1 aromatic rings. The Kier molecular flexibility index (Phi) is 5.95. The topological polar surface area (TPSA) is 70.1 Å². The van der Waals surface area contributed by atoms with Gasteiger partial charge in [-0.25, -0.2) is 9.97 Å². The Labute approximate surface area is 100 Å². The van der Waals surface area contributed by atoms with Gasteiger partial charge in [0.2, 0.25) is 0 Å². The Morgan fingerprint density at radius 3 is 2.38 bits per heavy atom. The van der Waals surface area contributed by atoms with Crippen LogP contribution in [0.2, 0.25) is 0 Å². The lowest BCUT2D eigenvalue weighted by molar-refractivity contribution is 0.311. The summed E-state index contributed by atoms with van der Waals surface area (Å²) in [5.74, 6) is 1.56. The fourth-order valence-corrected chi connectivity index (χ4v) is 1.51. The number of hydrogen-bond donors (Lipinski definition) is 3. The van der Waals surface area contributed by atoms with E-state index in [1.54, 1.807) is 0 Å². The lowest BCUT2D eigenvalue weighted by Gasteiger charge is -2.09. The van der Waals surface area contributed by atoms with Crippen molar-refractivity contribution in [1.29, 1.82) is 0 Å². The lowest BCUT2D eigenvalue weighted by atomic mass is 10.4. The highest BCUT2D eigenvalue weighted by Crippen LogP contribution is 2.16. The van der Waals surface area contributed by atoms with Gasteiger partial charge in [-0.2, -0.15) is 0 Å². The van der Waals surface area contributed by atoms with Crippen LogP contribution in [0.15, 0.2) is 11.2 Å². The van der Waals surface area contributed by atoms with Crippen molar-refractivity contribution in [2.45, 2.75) is 18.5 Å². The van der Waals surface area contributed by atoms with Gasteiger partial charge < -0.3 is 15.7 Å². The molecule has 0 bridgehead atoms. The van der Waals surface area contributed by atoms with E-state index in [1.165, 1.54) is 11.8 Å². The molecule has 0 atom stereocenters. The molecule has 0 fully saturated rings. The highest BCUT2D eigenvalue weighted by atomic mass is 32.2. The van der Waals surface area contributed by atoms with Crippen LogP contribution in [0.1, 0.15) is 13.3 Å². The normalized spacial score (nSPS) is 10.2. The third kappa shape index (κ3) is 4.24. The van der Waals surface area contributed by atoms with Gasteiger partial charge in [0.1, 0.15) is 11.6 Å². The Morgan fingerprint density at radius 1 is 1.25 bits per heavy atom. The minimum Gasteiger partial charge on any atom is -0.395 e. The van der Waals surface area contributed by atoms with Crippen LogP contribution < -0.4 is 10.6 Å². The van der Waals surface area contributed by atoms with E-state index >= 15 is 0 Å². The van der Waals surface area contributed by atoms with Gasteiger partial charge in [-0.3, -0.25) is 0 Å². The number of thioether (sulfide) groups is 1. The molecular weight excluding hydrogens is 224 g/mol. The van der Waals surface area contributed by atoms with E-state index in [4.69, 9.17) is 5.11 Å². The number of anilines is 2. The van der Waals surface area contributed by atoms with Gasteiger partial charge in [0.15, 0.2) is 5.16 Å². The van der Waals surface area contributed by atoms with Crippen LogP contribution in [0.3, 0.4) is 0 Å².